The van der Waals surface area contributed by atoms with Crippen LogP contribution in [0.3, 0.4) is 0 Å². The molecule has 3 aromatic rings. The van der Waals surface area contributed by atoms with E-state index in [2.05, 4.69) is 15.3 Å². The molecule has 0 aliphatic carbocycles. The standard InChI is InChI=1S/C23H22Cl2N4O7S2/c1-11(30)33-10-18-20(34-12(2)31)19(29-9-17(27-28-29)22-26-6-7-37-22)21(35-13(3)32)23(36-18)38-14-4-5-15(24)16(25)8-14/h4-9,18-21,23H,10H2,1-3H3/t18?,19?,20-,21?,23+/m0/s1. The van der Waals surface area contributed by atoms with E-state index in [1.807, 2.05) is 0 Å². The molecule has 0 N–H and O–H groups in total. The first-order valence-corrected chi connectivity index (χ1v) is 13.7. The van der Waals surface area contributed by atoms with Gasteiger partial charge in [-0.15, -0.1) is 16.4 Å². The van der Waals surface area contributed by atoms with Crippen LogP contribution in [0.25, 0.3) is 10.7 Å². The summed E-state index contributed by atoms with van der Waals surface area (Å²) in [4.78, 5) is 41.0. The summed E-state index contributed by atoms with van der Waals surface area (Å²) in [6, 6.07) is 4.10. The van der Waals surface area contributed by atoms with Crippen LogP contribution in [0.1, 0.15) is 26.8 Å². The summed E-state index contributed by atoms with van der Waals surface area (Å²) >= 11 is 14.8. The second-order valence-corrected chi connectivity index (χ2v) is 11.0. The molecule has 3 unspecified atom stereocenters. The lowest BCUT2D eigenvalue weighted by Crippen LogP contribution is -2.57. The molecule has 1 fully saturated rings. The maximum atomic E-state index is 12.2. The van der Waals surface area contributed by atoms with Crippen molar-refractivity contribution in [1.82, 2.24) is 20.0 Å². The maximum Gasteiger partial charge on any atom is 0.303 e. The van der Waals surface area contributed by atoms with Gasteiger partial charge in [0, 0.05) is 37.2 Å². The highest BCUT2D eigenvalue weighted by molar-refractivity contribution is 7.99. The third kappa shape index (κ3) is 6.83. The van der Waals surface area contributed by atoms with E-state index in [0.717, 1.165) is 0 Å². The average molecular weight is 601 g/mol. The van der Waals surface area contributed by atoms with E-state index in [1.54, 1.807) is 36.0 Å². The second-order valence-electron chi connectivity index (χ2n) is 8.10. The molecule has 11 nitrogen and oxygen atoms in total. The first kappa shape index (κ1) is 28.3. The number of thiazole rings is 1. The molecule has 0 spiro atoms. The Hall–Kier alpha value is -2.71. The number of thioether (sulfide) groups is 1. The summed E-state index contributed by atoms with van der Waals surface area (Å²) < 4.78 is 24.3. The molecule has 1 aliphatic heterocycles. The van der Waals surface area contributed by atoms with Crippen LogP contribution in [-0.4, -0.2) is 68.2 Å². The topological polar surface area (TPSA) is 132 Å². The molecule has 0 bridgehead atoms. The zero-order valence-corrected chi connectivity index (χ0v) is 23.4. The number of carbonyl (C=O) groups is 3. The quantitative estimate of drug-likeness (QED) is 0.272. The molecular formula is C23H22Cl2N4O7S2. The third-order valence-corrected chi connectivity index (χ3v) is 7.95. The fourth-order valence-electron chi connectivity index (χ4n) is 3.83. The molecule has 0 saturated carbocycles. The number of aromatic nitrogens is 4. The Morgan fingerprint density at radius 2 is 1.82 bits per heavy atom. The van der Waals surface area contributed by atoms with Crippen molar-refractivity contribution in [2.24, 2.45) is 0 Å². The maximum absolute atomic E-state index is 12.2. The summed E-state index contributed by atoms with van der Waals surface area (Å²) in [6.45, 7) is 3.51. The molecular weight excluding hydrogens is 579 g/mol. The van der Waals surface area contributed by atoms with Crippen molar-refractivity contribution in [2.75, 3.05) is 6.61 Å². The lowest BCUT2D eigenvalue weighted by Gasteiger charge is -2.44. The van der Waals surface area contributed by atoms with Gasteiger partial charge in [0.1, 0.15) is 34.9 Å². The largest absolute Gasteiger partial charge is 0.463 e. The summed E-state index contributed by atoms with van der Waals surface area (Å²) in [7, 11) is 0. The van der Waals surface area contributed by atoms with Gasteiger partial charge in [0.05, 0.1) is 16.2 Å². The van der Waals surface area contributed by atoms with Crippen molar-refractivity contribution < 1.29 is 33.3 Å². The normalized spacial score (nSPS) is 23.0. The number of ether oxygens (including phenoxy) is 4. The molecule has 1 saturated heterocycles. The third-order valence-electron chi connectivity index (χ3n) is 5.28. The van der Waals surface area contributed by atoms with Crippen LogP contribution in [0.15, 0.2) is 40.9 Å². The Bertz CT molecular complexity index is 1310. The molecule has 202 valence electrons. The number of rotatable bonds is 8. The molecule has 2 aromatic heterocycles. The fraction of sp³-hybridized carbons (Fsp3) is 0.391. The van der Waals surface area contributed by atoms with Gasteiger partial charge >= 0.3 is 17.9 Å². The number of halogens is 2. The van der Waals surface area contributed by atoms with Crippen LogP contribution in [0.5, 0.6) is 0 Å². The average Bonchev–Trinajstić information content (AvgIpc) is 3.54. The first-order valence-electron chi connectivity index (χ1n) is 11.2. The van der Waals surface area contributed by atoms with E-state index in [-0.39, 0.29) is 6.61 Å². The number of hydrogen-bond acceptors (Lipinski definition) is 12. The van der Waals surface area contributed by atoms with Crippen LogP contribution in [0, 0.1) is 0 Å². The highest BCUT2D eigenvalue weighted by atomic mass is 35.5. The van der Waals surface area contributed by atoms with Crippen LogP contribution >= 0.6 is 46.3 Å². The smallest absolute Gasteiger partial charge is 0.303 e. The van der Waals surface area contributed by atoms with Crippen molar-refractivity contribution in [1.29, 1.82) is 0 Å². The predicted octanol–water partition coefficient (Wildman–Crippen LogP) is 4.19. The van der Waals surface area contributed by atoms with Crippen molar-refractivity contribution in [3.63, 3.8) is 0 Å². The molecule has 1 aromatic carbocycles. The van der Waals surface area contributed by atoms with E-state index < -0.39 is 47.7 Å². The molecule has 1 aliphatic rings. The lowest BCUT2D eigenvalue weighted by atomic mass is 9.96. The Balaban J connectivity index is 1.78. The summed E-state index contributed by atoms with van der Waals surface area (Å²) in [5.74, 6) is -1.76. The fourth-order valence-corrected chi connectivity index (χ4v) is 5.93. The number of benzene rings is 1. The van der Waals surface area contributed by atoms with Crippen molar-refractivity contribution >= 4 is 64.2 Å². The molecule has 4 rings (SSSR count). The minimum absolute atomic E-state index is 0.233. The Labute approximate surface area is 235 Å². The zero-order chi connectivity index (χ0) is 27.4. The molecule has 0 radical (unpaired) electrons. The Morgan fingerprint density at radius 1 is 1.08 bits per heavy atom. The van der Waals surface area contributed by atoms with Crippen molar-refractivity contribution in [3.8, 4) is 10.7 Å². The Morgan fingerprint density at radius 3 is 2.45 bits per heavy atom. The van der Waals surface area contributed by atoms with Gasteiger partial charge in [-0.25, -0.2) is 9.67 Å². The highest BCUT2D eigenvalue weighted by Crippen LogP contribution is 2.42. The van der Waals surface area contributed by atoms with Gasteiger partial charge in [0.2, 0.25) is 0 Å². The second kappa shape index (κ2) is 12.4. The highest BCUT2D eigenvalue weighted by Gasteiger charge is 2.52. The van der Waals surface area contributed by atoms with Crippen LogP contribution in [0.2, 0.25) is 10.0 Å². The van der Waals surface area contributed by atoms with Crippen LogP contribution < -0.4 is 0 Å². The van der Waals surface area contributed by atoms with E-state index in [1.165, 1.54) is 48.6 Å². The monoisotopic (exact) mass is 600 g/mol. The van der Waals surface area contributed by atoms with Gasteiger partial charge in [0.25, 0.3) is 0 Å². The molecule has 38 heavy (non-hydrogen) atoms. The lowest BCUT2D eigenvalue weighted by molar-refractivity contribution is -0.212. The number of hydrogen-bond donors (Lipinski definition) is 0. The summed E-state index contributed by atoms with van der Waals surface area (Å²) in [6.07, 6.45) is 0.234. The molecule has 15 heteroatoms. The van der Waals surface area contributed by atoms with Crippen LogP contribution in [0.4, 0.5) is 0 Å². The number of esters is 3. The molecule has 3 heterocycles. The van der Waals surface area contributed by atoms with Gasteiger partial charge in [-0.1, -0.05) is 40.2 Å². The number of carbonyl (C=O) groups excluding carboxylic acids is 3. The van der Waals surface area contributed by atoms with Gasteiger partial charge in [-0.05, 0) is 18.2 Å². The summed E-state index contributed by atoms with van der Waals surface area (Å²) in [5, 5.41) is 11.6. The van der Waals surface area contributed by atoms with E-state index in [9.17, 15) is 14.4 Å². The number of nitrogens with zero attached hydrogens (tertiary/aromatic N) is 4. The summed E-state index contributed by atoms with van der Waals surface area (Å²) in [5.41, 5.74) is -0.388. The van der Waals surface area contributed by atoms with Gasteiger partial charge < -0.3 is 18.9 Å². The minimum Gasteiger partial charge on any atom is -0.463 e. The molecule has 5 atom stereocenters. The van der Waals surface area contributed by atoms with E-state index in [0.29, 0.717) is 25.6 Å². The van der Waals surface area contributed by atoms with Crippen molar-refractivity contribution in [2.45, 2.75) is 55.5 Å². The predicted molar refractivity (Wildman–Crippen MR) is 139 cm³/mol. The Kier molecular flexibility index (Phi) is 9.26. The minimum atomic E-state index is -1.06. The first-order chi connectivity index (χ1) is 18.1. The SMILES string of the molecule is CC(=O)OCC1O[C@H](Sc2ccc(Cl)c(Cl)c2)C(OC(C)=O)C(n2cc(-c3nccs3)nn2)[C@H]1OC(C)=O. The van der Waals surface area contributed by atoms with Crippen molar-refractivity contribution in [3.05, 3.63) is 46.0 Å². The zero-order valence-electron chi connectivity index (χ0n) is 20.3. The molecule has 0 amide bonds. The van der Waals surface area contributed by atoms with E-state index >= 15 is 0 Å². The van der Waals surface area contributed by atoms with Crippen LogP contribution in [-0.2, 0) is 33.3 Å². The van der Waals surface area contributed by atoms with E-state index in [4.69, 9.17) is 42.1 Å². The van der Waals surface area contributed by atoms with Gasteiger partial charge in [-0.3, -0.25) is 14.4 Å². The van der Waals surface area contributed by atoms with Gasteiger partial charge in [-0.2, -0.15) is 0 Å². The van der Waals surface area contributed by atoms with Gasteiger partial charge in [0.15, 0.2) is 12.2 Å².